The number of fused-ring (bicyclic) bond motifs is 1. The Morgan fingerprint density at radius 2 is 2.04 bits per heavy atom. The number of hydrogen-bond donors (Lipinski definition) is 0. The normalized spacial score (nSPS) is 15.1. The van der Waals surface area contributed by atoms with Crippen LogP contribution in [0.3, 0.4) is 0 Å². The van der Waals surface area contributed by atoms with Gasteiger partial charge in [-0.2, -0.15) is 4.98 Å². The summed E-state index contributed by atoms with van der Waals surface area (Å²) in [5.74, 6) is 1.41. The Balaban J connectivity index is 1.87. The minimum Gasteiger partial charge on any atom is -0.378 e. The fraction of sp³-hybridized carbons (Fsp3) is 0.375. The summed E-state index contributed by atoms with van der Waals surface area (Å²) in [6.45, 7) is 3.40. The zero-order valence-corrected chi connectivity index (χ0v) is 13.4. The van der Waals surface area contributed by atoms with Crippen molar-refractivity contribution in [3.8, 4) is 5.95 Å². The van der Waals surface area contributed by atoms with E-state index in [9.17, 15) is 0 Å². The fourth-order valence-corrected chi connectivity index (χ4v) is 2.74. The lowest BCUT2D eigenvalue weighted by molar-refractivity contribution is 0.122. The van der Waals surface area contributed by atoms with Gasteiger partial charge >= 0.3 is 0 Å². The summed E-state index contributed by atoms with van der Waals surface area (Å²) in [5.41, 5.74) is 2.45. The summed E-state index contributed by atoms with van der Waals surface area (Å²) in [7, 11) is 1.66. The van der Waals surface area contributed by atoms with Crippen molar-refractivity contribution in [3.05, 3.63) is 36.5 Å². The monoisotopic (exact) mass is 326 g/mol. The van der Waals surface area contributed by atoms with E-state index in [2.05, 4.69) is 14.9 Å². The van der Waals surface area contributed by atoms with Gasteiger partial charge in [-0.3, -0.25) is 4.57 Å². The average Bonchev–Trinajstić information content (AvgIpc) is 3.16. The molecule has 8 nitrogen and oxygen atoms in total. The second-order valence-corrected chi connectivity index (χ2v) is 5.52. The van der Waals surface area contributed by atoms with Gasteiger partial charge in [-0.1, -0.05) is 0 Å². The van der Waals surface area contributed by atoms with E-state index in [4.69, 9.17) is 19.4 Å². The summed E-state index contributed by atoms with van der Waals surface area (Å²) in [5, 5.41) is 0. The molecule has 124 valence electrons. The molecular formula is C16H18N6O2. The lowest BCUT2D eigenvalue weighted by atomic mass is 10.2. The van der Waals surface area contributed by atoms with Crippen LogP contribution in [0.2, 0.25) is 0 Å². The molecule has 1 fully saturated rings. The molecule has 0 amide bonds. The van der Waals surface area contributed by atoms with E-state index in [1.807, 2.05) is 18.3 Å². The number of morpholine rings is 1. The molecule has 0 atom stereocenters. The summed E-state index contributed by atoms with van der Waals surface area (Å²) in [6.07, 6.45) is 5.23. The van der Waals surface area contributed by atoms with E-state index >= 15 is 0 Å². The quantitative estimate of drug-likeness (QED) is 0.712. The molecule has 0 N–H and O–H groups in total. The van der Waals surface area contributed by atoms with E-state index in [0.29, 0.717) is 25.8 Å². The molecule has 24 heavy (non-hydrogen) atoms. The topological polar surface area (TPSA) is 78.2 Å². The number of nitrogens with zero attached hydrogens (tertiary/aromatic N) is 6. The van der Waals surface area contributed by atoms with Crippen LogP contribution in [0.5, 0.6) is 0 Å². The molecule has 3 aromatic rings. The first-order valence-corrected chi connectivity index (χ1v) is 7.83. The predicted octanol–water partition coefficient (Wildman–Crippen LogP) is 1.19. The Morgan fingerprint density at radius 1 is 1.17 bits per heavy atom. The van der Waals surface area contributed by atoms with Crippen molar-refractivity contribution in [1.82, 2.24) is 24.5 Å². The van der Waals surface area contributed by atoms with Crippen molar-refractivity contribution in [2.75, 3.05) is 38.3 Å². The fourth-order valence-electron chi connectivity index (χ4n) is 2.74. The summed E-state index contributed by atoms with van der Waals surface area (Å²) < 4.78 is 12.5. The highest BCUT2D eigenvalue weighted by atomic mass is 16.5. The molecule has 0 bridgehead atoms. The number of anilines is 1. The summed E-state index contributed by atoms with van der Waals surface area (Å²) in [4.78, 5) is 20.3. The third-order valence-electron chi connectivity index (χ3n) is 3.91. The largest absolute Gasteiger partial charge is 0.378 e. The third kappa shape index (κ3) is 2.81. The smallest absolute Gasteiger partial charge is 0.237 e. The minimum atomic E-state index is 0.460. The van der Waals surface area contributed by atoms with Crippen molar-refractivity contribution < 1.29 is 9.47 Å². The van der Waals surface area contributed by atoms with Crippen LogP contribution in [0, 0.1) is 0 Å². The third-order valence-corrected chi connectivity index (χ3v) is 3.91. The van der Waals surface area contributed by atoms with Gasteiger partial charge in [0.05, 0.1) is 31.0 Å². The van der Waals surface area contributed by atoms with Crippen LogP contribution in [-0.4, -0.2) is 57.9 Å². The van der Waals surface area contributed by atoms with Crippen molar-refractivity contribution in [3.63, 3.8) is 0 Å². The van der Waals surface area contributed by atoms with Gasteiger partial charge in [0.15, 0.2) is 5.82 Å². The van der Waals surface area contributed by atoms with Gasteiger partial charge in [0.25, 0.3) is 0 Å². The maximum absolute atomic E-state index is 5.46. The molecular weight excluding hydrogens is 308 g/mol. The van der Waals surface area contributed by atoms with Gasteiger partial charge in [0, 0.05) is 32.6 Å². The molecule has 0 saturated carbocycles. The molecule has 4 heterocycles. The summed E-state index contributed by atoms with van der Waals surface area (Å²) in [6, 6.07) is 3.89. The van der Waals surface area contributed by atoms with Gasteiger partial charge in [-0.25, -0.2) is 15.0 Å². The Bertz CT molecular complexity index is 830. The first kappa shape index (κ1) is 15.0. The van der Waals surface area contributed by atoms with E-state index in [1.54, 1.807) is 24.2 Å². The van der Waals surface area contributed by atoms with Gasteiger partial charge in [-0.05, 0) is 12.1 Å². The maximum atomic E-state index is 5.46. The van der Waals surface area contributed by atoms with Crippen molar-refractivity contribution in [2.24, 2.45) is 0 Å². The van der Waals surface area contributed by atoms with Crippen LogP contribution >= 0.6 is 0 Å². The molecule has 1 aliphatic heterocycles. The maximum Gasteiger partial charge on any atom is 0.237 e. The molecule has 0 aromatic carbocycles. The lowest BCUT2D eigenvalue weighted by Gasteiger charge is -2.28. The van der Waals surface area contributed by atoms with Crippen LogP contribution in [0.25, 0.3) is 17.0 Å². The first-order valence-electron chi connectivity index (χ1n) is 7.83. The van der Waals surface area contributed by atoms with Crippen molar-refractivity contribution in [1.29, 1.82) is 0 Å². The van der Waals surface area contributed by atoms with Crippen LogP contribution in [0.4, 0.5) is 5.82 Å². The lowest BCUT2D eigenvalue weighted by Crippen LogP contribution is -2.37. The number of rotatable bonds is 4. The van der Waals surface area contributed by atoms with Crippen molar-refractivity contribution in [2.45, 2.75) is 6.61 Å². The van der Waals surface area contributed by atoms with E-state index in [1.165, 1.54) is 0 Å². The predicted molar refractivity (Wildman–Crippen MR) is 88.2 cm³/mol. The molecule has 1 aliphatic rings. The summed E-state index contributed by atoms with van der Waals surface area (Å²) >= 11 is 0. The molecule has 0 spiro atoms. The highest BCUT2D eigenvalue weighted by Crippen LogP contribution is 2.24. The number of aromatic nitrogens is 5. The molecule has 8 heteroatoms. The van der Waals surface area contributed by atoms with E-state index in [-0.39, 0.29) is 0 Å². The second-order valence-electron chi connectivity index (χ2n) is 5.52. The van der Waals surface area contributed by atoms with Crippen LogP contribution in [0.1, 0.15) is 5.69 Å². The molecule has 3 aromatic heterocycles. The highest BCUT2D eigenvalue weighted by Gasteiger charge is 2.19. The Hall–Kier alpha value is -2.58. The minimum absolute atomic E-state index is 0.460. The van der Waals surface area contributed by atoms with Gasteiger partial charge < -0.3 is 14.4 Å². The highest BCUT2D eigenvalue weighted by molar-refractivity contribution is 5.86. The van der Waals surface area contributed by atoms with Gasteiger partial charge in [-0.15, -0.1) is 0 Å². The zero-order valence-electron chi connectivity index (χ0n) is 13.4. The first-order chi connectivity index (χ1) is 11.8. The van der Waals surface area contributed by atoms with Crippen molar-refractivity contribution >= 4 is 16.9 Å². The Labute approximate surface area is 139 Å². The number of imidazole rings is 1. The number of methoxy groups -OCH3 is 1. The zero-order chi connectivity index (χ0) is 16.4. The average molecular weight is 326 g/mol. The second kappa shape index (κ2) is 6.50. The van der Waals surface area contributed by atoms with Crippen LogP contribution in [0.15, 0.2) is 30.9 Å². The van der Waals surface area contributed by atoms with Gasteiger partial charge in [0.2, 0.25) is 5.95 Å². The molecule has 1 saturated heterocycles. The molecule has 4 rings (SSSR count). The van der Waals surface area contributed by atoms with Crippen LogP contribution in [-0.2, 0) is 16.1 Å². The molecule has 0 aliphatic carbocycles. The number of ether oxygens (including phenoxy) is 2. The standard InChI is InChI=1S/C16H18N6O2/c1-23-10-12-2-3-13-14(18-12)15(21-6-8-24-9-7-21)20-16(19-13)22-5-4-17-11-22/h2-5,11H,6-10H2,1H3. The number of pyridine rings is 1. The Kier molecular flexibility index (Phi) is 4.06. The molecule has 0 radical (unpaired) electrons. The Morgan fingerprint density at radius 3 is 2.79 bits per heavy atom. The number of hydrogen-bond acceptors (Lipinski definition) is 7. The van der Waals surface area contributed by atoms with E-state index in [0.717, 1.165) is 35.6 Å². The molecule has 0 unspecified atom stereocenters. The SMILES string of the molecule is COCc1ccc2nc(-n3ccnc3)nc(N3CCOCC3)c2n1. The van der Waals surface area contributed by atoms with E-state index < -0.39 is 0 Å². The van der Waals surface area contributed by atoms with Crippen LogP contribution < -0.4 is 4.90 Å². The van der Waals surface area contributed by atoms with Gasteiger partial charge in [0.1, 0.15) is 11.8 Å².